The second kappa shape index (κ2) is 7.31. The Kier molecular flexibility index (Phi) is 5.72. The maximum Gasteiger partial charge on any atom is 0.161 e. The fourth-order valence-electron chi connectivity index (χ4n) is 1.98. The first-order valence-electron chi connectivity index (χ1n) is 6.13. The number of hydrogen-bond donors (Lipinski definition) is 1. The topological polar surface area (TPSA) is 30.5 Å². The fourth-order valence-corrected chi connectivity index (χ4v) is 3.19. The van der Waals surface area contributed by atoms with Crippen LogP contribution in [0.25, 0.3) is 0 Å². The molecule has 1 N–H and O–H groups in total. The molecule has 108 valence electrons. The van der Waals surface area contributed by atoms with Gasteiger partial charge in [0.1, 0.15) is 12.7 Å². The highest BCUT2D eigenvalue weighted by Crippen LogP contribution is 2.30. The zero-order valence-corrected chi connectivity index (χ0v) is 13.9. The van der Waals surface area contributed by atoms with Crippen molar-refractivity contribution in [2.45, 2.75) is 12.6 Å². The number of thiophene rings is 1. The normalized spacial score (nSPS) is 16.6. The highest BCUT2D eigenvalue weighted by Gasteiger charge is 2.19. The average Bonchev–Trinajstić information content (AvgIpc) is 2.84. The number of halogens is 2. The minimum absolute atomic E-state index is 0. The molecule has 20 heavy (non-hydrogen) atoms. The van der Waals surface area contributed by atoms with E-state index in [1.165, 1.54) is 5.56 Å². The van der Waals surface area contributed by atoms with Crippen LogP contribution in [-0.4, -0.2) is 19.3 Å². The largest absolute Gasteiger partial charge is 0.486 e. The van der Waals surface area contributed by atoms with E-state index in [1.54, 1.807) is 11.3 Å². The summed E-state index contributed by atoms with van der Waals surface area (Å²) in [6, 6.07) is 9.92. The Hall–Kier alpha value is -0.750. The summed E-state index contributed by atoms with van der Waals surface area (Å²) < 4.78 is 12.7. The van der Waals surface area contributed by atoms with Crippen LogP contribution in [0.4, 0.5) is 0 Å². The Morgan fingerprint density at radius 1 is 1.30 bits per heavy atom. The molecule has 0 bridgehead atoms. The summed E-state index contributed by atoms with van der Waals surface area (Å²) >= 11 is 5.17. The first-order chi connectivity index (χ1) is 9.31. The van der Waals surface area contributed by atoms with Gasteiger partial charge in [0.25, 0.3) is 0 Å². The van der Waals surface area contributed by atoms with Crippen LogP contribution in [0.15, 0.2) is 39.5 Å². The van der Waals surface area contributed by atoms with Crippen LogP contribution in [0.3, 0.4) is 0 Å². The molecule has 1 aliphatic rings. The average molecular weight is 377 g/mol. The molecule has 3 nitrogen and oxygen atoms in total. The van der Waals surface area contributed by atoms with Gasteiger partial charge in [0.2, 0.25) is 0 Å². The molecule has 3 rings (SSSR count). The molecular formula is C14H15BrClNO2S. The Bertz CT molecular complexity index is 564. The lowest BCUT2D eigenvalue weighted by Gasteiger charge is -2.26. The molecule has 2 heterocycles. The van der Waals surface area contributed by atoms with E-state index in [0.29, 0.717) is 6.61 Å². The molecule has 0 spiro atoms. The van der Waals surface area contributed by atoms with Gasteiger partial charge in [-0.3, -0.25) is 0 Å². The highest BCUT2D eigenvalue weighted by molar-refractivity contribution is 9.11. The standard InChI is InChI=1S/C14H14BrNO2S.ClH/c15-14-5-10(9-19-14)6-16-7-11-8-17-12-3-1-2-4-13(12)18-11;/h1-5,9,11,16H,6-8H2;1H. The van der Waals surface area contributed by atoms with Crippen molar-refractivity contribution in [3.63, 3.8) is 0 Å². The molecule has 1 unspecified atom stereocenters. The van der Waals surface area contributed by atoms with Crippen molar-refractivity contribution in [3.05, 3.63) is 45.1 Å². The fraction of sp³-hybridized carbons (Fsp3) is 0.286. The van der Waals surface area contributed by atoms with Crippen molar-refractivity contribution in [1.29, 1.82) is 0 Å². The molecule has 2 aromatic rings. The van der Waals surface area contributed by atoms with Gasteiger partial charge in [-0.1, -0.05) is 12.1 Å². The van der Waals surface area contributed by atoms with E-state index < -0.39 is 0 Å². The van der Waals surface area contributed by atoms with Gasteiger partial charge in [-0.15, -0.1) is 23.7 Å². The minimum atomic E-state index is 0. The van der Waals surface area contributed by atoms with Gasteiger partial charge in [-0.05, 0) is 45.1 Å². The summed E-state index contributed by atoms with van der Waals surface area (Å²) in [5.41, 5.74) is 1.29. The van der Waals surface area contributed by atoms with E-state index in [4.69, 9.17) is 9.47 Å². The van der Waals surface area contributed by atoms with E-state index in [-0.39, 0.29) is 18.5 Å². The van der Waals surface area contributed by atoms with Crippen LogP contribution in [-0.2, 0) is 6.54 Å². The third kappa shape index (κ3) is 3.88. The van der Waals surface area contributed by atoms with Crippen molar-refractivity contribution in [2.24, 2.45) is 0 Å². The zero-order valence-electron chi connectivity index (χ0n) is 10.7. The lowest BCUT2D eigenvalue weighted by Crippen LogP contribution is -2.38. The van der Waals surface area contributed by atoms with Crippen LogP contribution >= 0.6 is 39.7 Å². The lowest BCUT2D eigenvalue weighted by molar-refractivity contribution is 0.0902. The Labute approximate surface area is 136 Å². The summed E-state index contributed by atoms with van der Waals surface area (Å²) in [6.45, 7) is 2.22. The quantitative estimate of drug-likeness (QED) is 0.879. The van der Waals surface area contributed by atoms with E-state index in [2.05, 4.69) is 32.7 Å². The molecule has 0 fully saturated rings. The molecule has 1 aliphatic heterocycles. The van der Waals surface area contributed by atoms with Crippen LogP contribution < -0.4 is 14.8 Å². The highest BCUT2D eigenvalue weighted by atomic mass is 79.9. The maximum atomic E-state index is 5.88. The summed E-state index contributed by atoms with van der Waals surface area (Å²) in [6.07, 6.45) is 0.0666. The molecule has 1 atom stereocenters. The van der Waals surface area contributed by atoms with Crippen LogP contribution in [0.1, 0.15) is 5.56 Å². The van der Waals surface area contributed by atoms with Crippen LogP contribution in [0.2, 0.25) is 0 Å². The van der Waals surface area contributed by atoms with Crippen LogP contribution in [0.5, 0.6) is 11.5 Å². The molecule has 6 heteroatoms. The predicted molar refractivity (Wildman–Crippen MR) is 87.3 cm³/mol. The second-order valence-electron chi connectivity index (χ2n) is 4.39. The molecule has 1 aromatic carbocycles. The summed E-state index contributed by atoms with van der Waals surface area (Å²) in [5.74, 6) is 1.67. The first kappa shape index (κ1) is 15.6. The number of benzene rings is 1. The van der Waals surface area contributed by atoms with Gasteiger partial charge in [-0.25, -0.2) is 0 Å². The molecule has 0 aliphatic carbocycles. The summed E-state index contributed by atoms with van der Waals surface area (Å²) in [7, 11) is 0. The van der Waals surface area contributed by atoms with Crippen molar-refractivity contribution in [3.8, 4) is 11.5 Å². The predicted octanol–water partition coefficient (Wildman–Crippen LogP) is 3.86. The van der Waals surface area contributed by atoms with Gasteiger partial charge < -0.3 is 14.8 Å². The maximum absolute atomic E-state index is 5.88. The Morgan fingerprint density at radius 3 is 2.85 bits per heavy atom. The van der Waals surface area contributed by atoms with Crippen molar-refractivity contribution >= 4 is 39.7 Å². The molecule has 1 aromatic heterocycles. The monoisotopic (exact) mass is 375 g/mol. The first-order valence-corrected chi connectivity index (χ1v) is 7.80. The van der Waals surface area contributed by atoms with E-state index in [1.807, 2.05) is 24.3 Å². The van der Waals surface area contributed by atoms with E-state index in [9.17, 15) is 0 Å². The second-order valence-corrected chi connectivity index (χ2v) is 6.68. The molecule has 0 radical (unpaired) electrons. The number of para-hydroxylation sites is 2. The minimum Gasteiger partial charge on any atom is -0.486 e. The Balaban J connectivity index is 0.00000147. The van der Waals surface area contributed by atoms with Gasteiger partial charge in [0.15, 0.2) is 11.5 Å². The smallest absolute Gasteiger partial charge is 0.161 e. The summed E-state index contributed by atoms with van der Waals surface area (Å²) in [4.78, 5) is 0. The van der Waals surface area contributed by atoms with Crippen LogP contribution in [0, 0.1) is 0 Å². The van der Waals surface area contributed by atoms with Gasteiger partial charge in [-0.2, -0.15) is 0 Å². The SMILES string of the molecule is Brc1cc(CNCC2COc3ccccc3O2)cs1.Cl. The molecule has 0 saturated carbocycles. The number of hydrogen-bond acceptors (Lipinski definition) is 4. The van der Waals surface area contributed by atoms with E-state index >= 15 is 0 Å². The number of ether oxygens (including phenoxy) is 2. The third-order valence-electron chi connectivity index (χ3n) is 2.89. The van der Waals surface area contributed by atoms with Crippen molar-refractivity contribution in [1.82, 2.24) is 5.32 Å². The lowest BCUT2D eigenvalue weighted by atomic mass is 10.2. The van der Waals surface area contributed by atoms with Gasteiger partial charge >= 0.3 is 0 Å². The summed E-state index contributed by atoms with van der Waals surface area (Å²) in [5, 5.41) is 5.54. The third-order valence-corrected chi connectivity index (χ3v) is 4.44. The molecule has 0 saturated heterocycles. The number of nitrogens with one attached hydrogen (secondary N) is 1. The molecular weight excluding hydrogens is 362 g/mol. The molecule has 0 amide bonds. The van der Waals surface area contributed by atoms with Crippen molar-refractivity contribution < 1.29 is 9.47 Å². The zero-order chi connectivity index (χ0) is 13.1. The Morgan fingerprint density at radius 2 is 2.10 bits per heavy atom. The van der Waals surface area contributed by atoms with Crippen molar-refractivity contribution in [2.75, 3.05) is 13.2 Å². The number of rotatable bonds is 4. The van der Waals surface area contributed by atoms with E-state index in [0.717, 1.165) is 28.4 Å². The van der Waals surface area contributed by atoms with Gasteiger partial charge in [0, 0.05) is 13.1 Å². The van der Waals surface area contributed by atoms with Gasteiger partial charge in [0.05, 0.1) is 3.79 Å². The number of fused-ring (bicyclic) bond motifs is 1.